The number of carbonyl (C=O) groups is 1. The first kappa shape index (κ1) is 11.8. The molecule has 1 unspecified atom stereocenters. The highest BCUT2D eigenvalue weighted by Crippen LogP contribution is 2.30. The van der Waals surface area contributed by atoms with Crippen LogP contribution in [0.2, 0.25) is 0 Å². The van der Waals surface area contributed by atoms with Crippen LogP contribution in [0.1, 0.15) is 30.9 Å². The number of carbonyl (C=O) groups excluding carboxylic acids is 1. The molecule has 4 heteroatoms. The van der Waals surface area contributed by atoms with Crippen molar-refractivity contribution >= 4 is 5.78 Å². The standard InChI is InChI=1S/C11H11F3O/c1-7(8(2)15)9-3-5-10(6-4-9)11(12,13)14/h3-7H,1-2H3. The molecule has 0 bridgehead atoms. The minimum absolute atomic E-state index is 0.0604. The highest BCUT2D eigenvalue weighted by atomic mass is 19.4. The van der Waals surface area contributed by atoms with Crippen LogP contribution in [0, 0.1) is 0 Å². The third kappa shape index (κ3) is 2.81. The van der Waals surface area contributed by atoms with Crippen LogP contribution in [0.4, 0.5) is 13.2 Å². The molecule has 0 amide bonds. The molecule has 1 aromatic carbocycles. The van der Waals surface area contributed by atoms with Crippen LogP contribution in [-0.2, 0) is 11.0 Å². The zero-order valence-electron chi connectivity index (χ0n) is 8.43. The minimum Gasteiger partial charge on any atom is -0.299 e. The van der Waals surface area contributed by atoms with E-state index in [1.54, 1.807) is 6.92 Å². The summed E-state index contributed by atoms with van der Waals surface area (Å²) in [5, 5.41) is 0. The molecule has 1 rings (SSSR count). The Bertz CT molecular complexity index is 351. The summed E-state index contributed by atoms with van der Waals surface area (Å²) in [6.07, 6.45) is -4.32. The molecule has 0 fully saturated rings. The summed E-state index contributed by atoms with van der Waals surface area (Å²) in [5.74, 6) is -0.415. The van der Waals surface area contributed by atoms with E-state index < -0.39 is 11.7 Å². The second kappa shape index (κ2) is 4.04. The number of hydrogen-bond acceptors (Lipinski definition) is 1. The van der Waals surface area contributed by atoms with E-state index in [2.05, 4.69) is 0 Å². The fourth-order valence-electron chi connectivity index (χ4n) is 1.20. The molecule has 1 nitrogen and oxygen atoms in total. The maximum Gasteiger partial charge on any atom is 0.416 e. The van der Waals surface area contributed by atoms with E-state index in [1.807, 2.05) is 0 Å². The van der Waals surface area contributed by atoms with Gasteiger partial charge in [-0.15, -0.1) is 0 Å². The Morgan fingerprint density at radius 1 is 1.20 bits per heavy atom. The summed E-state index contributed by atoms with van der Waals surface area (Å²) >= 11 is 0. The summed E-state index contributed by atoms with van der Waals surface area (Å²) in [5.41, 5.74) is -0.0856. The van der Waals surface area contributed by atoms with Gasteiger partial charge in [0, 0.05) is 5.92 Å². The van der Waals surface area contributed by atoms with Crippen LogP contribution >= 0.6 is 0 Å². The van der Waals surface area contributed by atoms with Crippen LogP contribution in [0.25, 0.3) is 0 Å². The molecule has 0 saturated carbocycles. The Morgan fingerprint density at radius 2 is 1.67 bits per heavy atom. The van der Waals surface area contributed by atoms with Gasteiger partial charge in [-0.25, -0.2) is 0 Å². The van der Waals surface area contributed by atoms with Gasteiger partial charge in [0.25, 0.3) is 0 Å². The van der Waals surface area contributed by atoms with E-state index in [1.165, 1.54) is 19.1 Å². The molecule has 1 aromatic rings. The van der Waals surface area contributed by atoms with Crippen molar-refractivity contribution in [1.82, 2.24) is 0 Å². The van der Waals surface area contributed by atoms with Crippen molar-refractivity contribution in [3.63, 3.8) is 0 Å². The van der Waals surface area contributed by atoms with Crippen molar-refractivity contribution in [3.05, 3.63) is 35.4 Å². The number of Topliss-reactive ketones (excluding diaryl/α,β-unsaturated/α-hetero) is 1. The summed E-state index contributed by atoms with van der Waals surface area (Å²) in [6.45, 7) is 3.09. The Hall–Kier alpha value is -1.32. The molecular weight excluding hydrogens is 205 g/mol. The molecule has 0 N–H and O–H groups in total. The van der Waals surface area contributed by atoms with Gasteiger partial charge in [-0.2, -0.15) is 13.2 Å². The smallest absolute Gasteiger partial charge is 0.299 e. The van der Waals surface area contributed by atoms with Gasteiger partial charge in [0.15, 0.2) is 0 Å². The topological polar surface area (TPSA) is 17.1 Å². The predicted octanol–water partition coefficient (Wildman–Crippen LogP) is 3.40. The summed E-state index contributed by atoms with van der Waals surface area (Å²) in [7, 11) is 0. The van der Waals surface area contributed by atoms with Crippen LogP contribution in [0.15, 0.2) is 24.3 Å². The largest absolute Gasteiger partial charge is 0.416 e. The van der Waals surface area contributed by atoms with Crippen LogP contribution in [-0.4, -0.2) is 5.78 Å². The van der Waals surface area contributed by atoms with E-state index in [0.717, 1.165) is 12.1 Å². The van der Waals surface area contributed by atoms with Crippen molar-refractivity contribution in [2.75, 3.05) is 0 Å². The first-order chi connectivity index (χ1) is 6.82. The Kier molecular flexibility index (Phi) is 3.17. The predicted molar refractivity (Wildman–Crippen MR) is 50.5 cm³/mol. The maximum atomic E-state index is 12.2. The molecule has 0 aromatic heterocycles. The van der Waals surface area contributed by atoms with Crippen LogP contribution in [0.5, 0.6) is 0 Å². The molecule has 0 saturated heterocycles. The number of rotatable bonds is 2. The molecule has 0 aliphatic heterocycles. The molecule has 0 aliphatic rings. The number of benzene rings is 1. The number of hydrogen-bond donors (Lipinski definition) is 0. The van der Waals surface area contributed by atoms with Crippen molar-refractivity contribution in [2.45, 2.75) is 25.9 Å². The molecular formula is C11H11F3O. The zero-order valence-corrected chi connectivity index (χ0v) is 8.43. The number of alkyl halides is 3. The first-order valence-electron chi connectivity index (χ1n) is 4.50. The summed E-state index contributed by atoms with van der Waals surface area (Å²) in [6, 6.07) is 4.67. The number of ketones is 1. The van der Waals surface area contributed by atoms with Gasteiger partial charge in [-0.3, -0.25) is 4.79 Å². The van der Waals surface area contributed by atoms with E-state index in [9.17, 15) is 18.0 Å². The van der Waals surface area contributed by atoms with Gasteiger partial charge >= 0.3 is 6.18 Å². The molecule has 15 heavy (non-hydrogen) atoms. The highest BCUT2D eigenvalue weighted by molar-refractivity contribution is 5.82. The van der Waals surface area contributed by atoms with Gasteiger partial charge in [0.05, 0.1) is 5.56 Å². The van der Waals surface area contributed by atoms with E-state index in [4.69, 9.17) is 0 Å². The molecule has 0 heterocycles. The first-order valence-corrected chi connectivity index (χ1v) is 4.50. The Balaban J connectivity index is 2.95. The van der Waals surface area contributed by atoms with Gasteiger partial charge in [0.1, 0.15) is 5.78 Å². The fourth-order valence-corrected chi connectivity index (χ4v) is 1.20. The minimum atomic E-state index is -4.32. The molecule has 1 atom stereocenters. The van der Waals surface area contributed by atoms with Crippen molar-refractivity contribution in [1.29, 1.82) is 0 Å². The summed E-state index contributed by atoms with van der Waals surface area (Å²) < 4.78 is 36.6. The molecule has 0 aliphatic carbocycles. The maximum absolute atomic E-state index is 12.2. The summed E-state index contributed by atoms with van der Waals surface area (Å²) in [4.78, 5) is 11.0. The monoisotopic (exact) mass is 216 g/mol. The quantitative estimate of drug-likeness (QED) is 0.740. The van der Waals surface area contributed by atoms with Crippen LogP contribution in [0.3, 0.4) is 0 Å². The Labute approximate surface area is 85.9 Å². The average molecular weight is 216 g/mol. The highest BCUT2D eigenvalue weighted by Gasteiger charge is 2.30. The second-order valence-corrected chi connectivity index (χ2v) is 3.45. The lowest BCUT2D eigenvalue weighted by Crippen LogP contribution is -2.07. The SMILES string of the molecule is CC(=O)C(C)c1ccc(C(F)(F)F)cc1. The van der Waals surface area contributed by atoms with Crippen LogP contribution < -0.4 is 0 Å². The number of halogens is 3. The van der Waals surface area contributed by atoms with E-state index >= 15 is 0 Å². The van der Waals surface area contributed by atoms with E-state index in [-0.39, 0.29) is 11.7 Å². The lowest BCUT2D eigenvalue weighted by molar-refractivity contribution is -0.137. The zero-order chi connectivity index (χ0) is 11.6. The Morgan fingerprint density at radius 3 is 2.00 bits per heavy atom. The van der Waals surface area contributed by atoms with Gasteiger partial charge in [-0.1, -0.05) is 19.1 Å². The molecule has 0 radical (unpaired) electrons. The third-order valence-electron chi connectivity index (χ3n) is 2.35. The van der Waals surface area contributed by atoms with Crippen molar-refractivity contribution < 1.29 is 18.0 Å². The normalized spacial score (nSPS) is 13.7. The van der Waals surface area contributed by atoms with Crippen molar-refractivity contribution in [2.24, 2.45) is 0 Å². The van der Waals surface area contributed by atoms with Crippen molar-refractivity contribution in [3.8, 4) is 0 Å². The molecule has 0 spiro atoms. The van der Waals surface area contributed by atoms with E-state index in [0.29, 0.717) is 5.56 Å². The average Bonchev–Trinajstić information content (AvgIpc) is 2.15. The van der Waals surface area contributed by atoms with Gasteiger partial charge < -0.3 is 0 Å². The van der Waals surface area contributed by atoms with Gasteiger partial charge in [-0.05, 0) is 24.6 Å². The lowest BCUT2D eigenvalue weighted by Gasteiger charge is -2.10. The fraction of sp³-hybridized carbons (Fsp3) is 0.364. The second-order valence-electron chi connectivity index (χ2n) is 3.45. The lowest BCUT2D eigenvalue weighted by atomic mass is 9.96. The van der Waals surface area contributed by atoms with Gasteiger partial charge in [0.2, 0.25) is 0 Å². The molecule has 82 valence electrons. The third-order valence-corrected chi connectivity index (χ3v) is 2.35.